The van der Waals surface area contributed by atoms with E-state index in [9.17, 15) is 9.90 Å². The molecule has 0 radical (unpaired) electrons. The van der Waals surface area contributed by atoms with E-state index in [0.29, 0.717) is 29.6 Å². The summed E-state index contributed by atoms with van der Waals surface area (Å²) in [6, 6.07) is 17.0. The number of aliphatic hydroxyl groups excluding tert-OH is 1. The number of esters is 1. The third-order valence-electron chi connectivity index (χ3n) is 11.8. The maximum absolute atomic E-state index is 12.4. The highest BCUT2D eigenvalue weighted by atomic mass is 35.5. The molecule has 0 aliphatic heterocycles. The number of benzene rings is 2. The first-order valence-corrected chi connectivity index (χ1v) is 18.1. The molecular weight excluding hydrogens is 627 g/mol. The third kappa shape index (κ3) is 7.87. The molecule has 4 aliphatic rings. The number of carbonyl (C=O) groups excluding carboxylic acids is 1. The Morgan fingerprint density at radius 1 is 1.02 bits per heavy atom. The molecule has 6 rings (SSSR count). The molecule has 0 spiro atoms. The first kappa shape index (κ1) is 35.8. The van der Waals surface area contributed by atoms with E-state index >= 15 is 0 Å². The van der Waals surface area contributed by atoms with Crippen molar-refractivity contribution in [3.8, 4) is 11.5 Å². The van der Waals surface area contributed by atoms with Crippen molar-refractivity contribution in [2.45, 2.75) is 86.7 Å². The van der Waals surface area contributed by atoms with Crippen molar-refractivity contribution in [1.29, 1.82) is 0 Å². The van der Waals surface area contributed by atoms with Gasteiger partial charge >= 0.3 is 5.97 Å². The van der Waals surface area contributed by atoms with Crippen LogP contribution in [-0.2, 0) is 16.1 Å². The number of fused-ring (bicyclic) bond motifs is 3. The maximum atomic E-state index is 12.4. The van der Waals surface area contributed by atoms with Crippen LogP contribution < -0.4 is 4.74 Å². The minimum Gasteiger partial charge on any atom is -0.461 e. The zero-order valence-electron chi connectivity index (χ0n) is 28.9. The summed E-state index contributed by atoms with van der Waals surface area (Å²) in [7, 11) is 0. The van der Waals surface area contributed by atoms with Crippen LogP contribution in [0.15, 0.2) is 88.5 Å². The van der Waals surface area contributed by atoms with Gasteiger partial charge in [-0.2, -0.15) is 0 Å². The molecular formula is C41H52Cl2O4. The fraction of sp³-hybridized carbons (Fsp3) is 0.537. The molecule has 2 aromatic carbocycles. The summed E-state index contributed by atoms with van der Waals surface area (Å²) in [6.45, 7) is 14.1. The summed E-state index contributed by atoms with van der Waals surface area (Å²) in [4.78, 5) is 12.4. The second kappa shape index (κ2) is 14.5. The van der Waals surface area contributed by atoms with Crippen LogP contribution in [0.5, 0.6) is 11.5 Å². The van der Waals surface area contributed by atoms with Gasteiger partial charge in [0.05, 0.1) is 5.92 Å². The normalized spacial score (nSPS) is 30.3. The van der Waals surface area contributed by atoms with E-state index in [4.69, 9.17) is 32.7 Å². The van der Waals surface area contributed by atoms with Crippen molar-refractivity contribution in [3.63, 3.8) is 0 Å². The van der Waals surface area contributed by atoms with Crippen LogP contribution >= 0.6 is 23.2 Å². The lowest BCUT2D eigenvalue weighted by Gasteiger charge is -2.58. The molecule has 0 amide bonds. The Balaban J connectivity index is 0.000000189. The maximum Gasteiger partial charge on any atom is 0.310 e. The molecule has 254 valence electrons. The van der Waals surface area contributed by atoms with Gasteiger partial charge in [-0.25, -0.2) is 0 Å². The molecule has 2 fully saturated rings. The lowest BCUT2D eigenvalue weighted by molar-refractivity contribution is -0.147. The Hall–Kier alpha value is -2.53. The highest BCUT2D eigenvalue weighted by Crippen LogP contribution is 2.62. The van der Waals surface area contributed by atoms with Crippen molar-refractivity contribution in [1.82, 2.24) is 0 Å². The molecule has 6 heteroatoms. The first-order chi connectivity index (χ1) is 22.3. The van der Waals surface area contributed by atoms with Gasteiger partial charge in [-0.05, 0) is 113 Å². The number of ether oxygens (including phenoxy) is 2. The standard InChI is InChI=1S/C21H20Cl2O3.C20H32O/c1-21(2)17(12-18(22)23)19(21)20(24)25-13-14-7-6-10-16(11-14)26-15-8-4-3-5-9-15;1-14(2)15-6-8-17-16(12-15)7-9-18-19(3,13-21)10-5-11-20(17,18)4/h3-12,17,19H,13H2,1-2H3;7,12,14,17-18,21H,5-6,8-11,13H2,1-4H3/t;17-,18-,19-,20+/m.0/s1. The Bertz CT molecular complexity index is 1500. The number of hydrogen-bond donors (Lipinski definition) is 1. The minimum absolute atomic E-state index is 0.00717. The van der Waals surface area contributed by atoms with Crippen LogP contribution in [0.4, 0.5) is 0 Å². The average Bonchev–Trinajstić information content (AvgIpc) is 3.58. The number of rotatable bonds is 8. The van der Waals surface area contributed by atoms with Gasteiger partial charge < -0.3 is 14.6 Å². The van der Waals surface area contributed by atoms with Crippen LogP contribution in [-0.4, -0.2) is 17.7 Å². The Kier molecular flexibility index (Phi) is 11.1. The molecule has 0 saturated heterocycles. The second-order valence-corrected chi connectivity index (χ2v) is 16.6. The molecule has 47 heavy (non-hydrogen) atoms. The van der Waals surface area contributed by atoms with Crippen molar-refractivity contribution in [2.24, 2.45) is 45.8 Å². The Morgan fingerprint density at radius 3 is 2.43 bits per heavy atom. The van der Waals surface area contributed by atoms with E-state index in [1.54, 1.807) is 17.2 Å². The topological polar surface area (TPSA) is 55.8 Å². The molecule has 1 N–H and O–H groups in total. The molecule has 0 heterocycles. The monoisotopic (exact) mass is 678 g/mol. The molecule has 0 aromatic heterocycles. The lowest BCUT2D eigenvalue weighted by Crippen LogP contribution is -2.51. The van der Waals surface area contributed by atoms with E-state index in [-0.39, 0.29) is 39.7 Å². The van der Waals surface area contributed by atoms with E-state index in [1.807, 2.05) is 68.4 Å². The molecule has 6 atom stereocenters. The van der Waals surface area contributed by atoms with E-state index in [1.165, 1.54) is 38.5 Å². The smallest absolute Gasteiger partial charge is 0.310 e. The van der Waals surface area contributed by atoms with Gasteiger partial charge in [0.15, 0.2) is 0 Å². The summed E-state index contributed by atoms with van der Waals surface area (Å²) in [5, 5.41) is 9.98. The SMILES string of the molecule is CC(C)C1=CC2=CC[C@H]3[C@](C)(CO)CCC[C@]3(C)[C@H]2CC1.CC1(C)C(C=C(Cl)Cl)C1C(=O)OCc1cccc(Oc2ccccc2)c1. The fourth-order valence-electron chi connectivity index (χ4n) is 8.81. The molecule has 2 unspecified atom stereocenters. The van der Waals surface area contributed by atoms with Crippen LogP contribution in [0, 0.1) is 45.8 Å². The van der Waals surface area contributed by atoms with Gasteiger partial charge in [0, 0.05) is 6.61 Å². The number of halogens is 2. The lowest BCUT2D eigenvalue weighted by atomic mass is 9.47. The summed E-state index contributed by atoms with van der Waals surface area (Å²) in [5.74, 6) is 3.08. The predicted molar refractivity (Wildman–Crippen MR) is 192 cm³/mol. The van der Waals surface area contributed by atoms with E-state index in [0.717, 1.165) is 17.2 Å². The number of carbonyl (C=O) groups is 1. The zero-order chi connectivity index (χ0) is 34.0. The number of para-hydroxylation sites is 1. The Morgan fingerprint density at radius 2 is 1.74 bits per heavy atom. The molecule has 4 nitrogen and oxygen atoms in total. The summed E-state index contributed by atoms with van der Waals surface area (Å²) < 4.78 is 11.5. The average molecular weight is 680 g/mol. The zero-order valence-corrected chi connectivity index (χ0v) is 30.4. The van der Waals surface area contributed by atoms with Crippen LogP contribution in [0.1, 0.15) is 85.6 Å². The first-order valence-electron chi connectivity index (χ1n) is 17.3. The summed E-state index contributed by atoms with van der Waals surface area (Å²) >= 11 is 11.5. The molecule has 2 saturated carbocycles. The van der Waals surface area contributed by atoms with Gasteiger partial charge in [-0.3, -0.25) is 4.79 Å². The van der Waals surface area contributed by atoms with Crippen molar-refractivity contribution in [3.05, 3.63) is 94.0 Å². The second-order valence-electron chi connectivity index (χ2n) is 15.6. The van der Waals surface area contributed by atoms with E-state index < -0.39 is 0 Å². The molecule has 0 bridgehead atoms. The molecule has 2 aromatic rings. The van der Waals surface area contributed by atoms with Gasteiger partial charge in [0.2, 0.25) is 0 Å². The van der Waals surface area contributed by atoms with Crippen LogP contribution in [0.2, 0.25) is 0 Å². The number of hydrogen-bond acceptors (Lipinski definition) is 4. The predicted octanol–water partition coefficient (Wildman–Crippen LogP) is 11.2. The van der Waals surface area contributed by atoms with Crippen molar-refractivity contribution >= 4 is 29.2 Å². The Labute approximate surface area is 292 Å². The number of aliphatic hydroxyl groups is 1. The number of allylic oxidation sites excluding steroid dienone is 5. The van der Waals surface area contributed by atoms with Crippen molar-refractivity contribution in [2.75, 3.05) is 6.61 Å². The summed E-state index contributed by atoms with van der Waals surface area (Å²) in [6.07, 6.45) is 14.3. The van der Waals surface area contributed by atoms with Gasteiger partial charge in [-0.15, -0.1) is 0 Å². The third-order valence-corrected chi connectivity index (χ3v) is 12.0. The van der Waals surface area contributed by atoms with Gasteiger partial charge in [-0.1, -0.05) is 119 Å². The summed E-state index contributed by atoms with van der Waals surface area (Å²) in [5.41, 5.74) is 4.47. The highest BCUT2D eigenvalue weighted by molar-refractivity contribution is 6.55. The van der Waals surface area contributed by atoms with E-state index in [2.05, 4.69) is 39.8 Å². The van der Waals surface area contributed by atoms with Gasteiger partial charge in [0.1, 0.15) is 22.6 Å². The largest absolute Gasteiger partial charge is 0.461 e. The molecule has 4 aliphatic carbocycles. The van der Waals surface area contributed by atoms with Gasteiger partial charge in [0.25, 0.3) is 0 Å². The van der Waals surface area contributed by atoms with Crippen LogP contribution in [0.25, 0.3) is 0 Å². The van der Waals surface area contributed by atoms with Crippen molar-refractivity contribution < 1.29 is 19.4 Å². The fourth-order valence-corrected chi connectivity index (χ4v) is 9.08. The quantitative estimate of drug-likeness (QED) is 0.282. The highest BCUT2D eigenvalue weighted by Gasteiger charge is 2.61. The minimum atomic E-state index is -0.236. The van der Waals surface area contributed by atoms with Crippen LogP contribution in [0.3, 0.4) is 0 Å².